The van der Waals surface area contributed by atoms with E-state index in [1.807, 2.05) is 32.5 Å². The standard InChI is InChI=1S/C12H26N2O2S/c1-5-9-17-10-8-13-6-7-14-11(15)16-12(2,3)4/h13H,5-10H2,1-4H3,(H,14,15). The van der Waals surface area contributed by atoms with E-state index in [0.29, 0.717) is 6.54 Å². The highest BCUT2D eigenvalue weighted by Gasteiger charge is 2.15. The van der Waals surface area contributed by atoms with Crippen molar-refractivity contribution in [3.63, 3.8) is 0 Å². The fourth-order valence-corrected chi connectivity index (χ4v) is 1.86. The zero-order valence-corrected chi connectivity index (χ0v) is 12.3. The van der Waals surface area contributed by atoms with E-state index in [1.165, 1.54) is 12.2 Å². The number of amides is 1. The Morgan fingerprint density at radius 3 is 2.47 bits per heavy atom. The average molecular weight is 262 g/mol. The summed E-state index contributed by atoms with van der Waals surface area (Å²) in [5.41, 5.74) is -0.422. The molecule has 0 rings (SSSR count). The normalized spacial score (nSPS) is 11.3. The Morgan fingerprint density at radius 1 is 1.18 bits per heavy atom. The SMILES string of the molecule is CCCSCCNCCNC(=O)OC(C)(C)C. The fourth-order valence-electron chi connectivity index (χ4n) is 1.08. The summed E-state index contributed by atoms with van der Waals surface area (Å²) in [7, 11) is 0. The van der Waals surface area contributed by atoms with Crippen molar-refractivity contribution in [1.82, 2.24) is 10.6 Å². The van der Waals surface area contributed by atoms with Crippen molar-refractivity contribution in [1.29, 1.82) is 0 Å². The first-order chi connectivity index (χ1) is 7.95. The zero-order valence-electron chi connectivity index (χ0n) is 11.5. The molecule has 0 radical (unpaired) electrons. The van der Waals surface area contributed by atoms with E-state index in [9.17, 15) is 4.79 Å². The predicted octanol–water partition coefficient (Wildman–Crippen LogP) is 2.24. The summed E-state index contributed by atoms with van der Waals surface area (Å²) in [4.78, 5) is 11.3. The van der Waals surface area contributed by atoms with Crippen LogP contribution in [0, 0.1) is 0 Å². The molecule has 0 saturated heterocycles. The third kappa shape index (κ3) is 13.5. The van der Waals surface area contributed by atoms with Crippen LogP contribution in [0.1, 0.15) is 34.1 Å². The molecule has 0 aliphatic rings. The lowest BCUT2D eigenvalue weighted by Gasteiger charge is -2.19. The average Bonchev–Trinajstić information content (AvgIpc) is 2.19. The van der Waals surface area contributed by atoms with Crippen molar-refractivity contribution in [2.75, 3.05) is 31.1 Å². The minimum Gasteiger partial charge on any atom is -0.444 e. The van der Waals surface area contributed by atoms with Crippen LogP contribution in [0.2, 0.25) is 0 Å². The molecule has 102 valence electrons. The topological polar surface area (TPSA) is 50.4 Å². The lowest BCUT2D eigenvalue weighted by molar-refractivity contribution is 0.0528. The highest BCUT2D eigenvalue weighted by Crippen LogP contribution is 2.05. The molecular weight excluding hydrogens is 236 g/mol. The molecule has 0 saturated carbocycles. The van der Waals surface area contributed by atoms with Crippen LogP contribution in [0.15, 0.2) is 0 Å². The number of carbonyl (C=O) groups is 1. The van der Waals surface area contributed by atoms with Gasteiger partial charge in [0.1, 0.15) is 5.60 Å². The van der Waals surface area contributed by atoms with Gasteiger partial charge in [-0.1, -0.05) is 6.92 Å². The molecule has 0 spiro atoms. The first kappa shape index (κ1) is 16.6. The van der Waals surface area contributed by atoms with Crippen LogP contribution < -0.4 is 10.6 Å². The third-order valence-corrected chi connectivity index (χ3v) is 2.93. The monoisotopic (exact) mass is 262 g/mol. The first-order valence-corrected chi connectivity index (χ1v) is 7.36. The molecule has 17 heavy (non-hydrogen) atoms. The quantitative estimate of drug-likeness (QED) is 0.659. The maximum Gasteiger partial charge on any atom is 0.407 e. The summed E-state index contributed by atoms with van der Waals surface area (Å²) >= 11 is 1.95. The number of alkyl carbamates (subject to hydrolysis) is 1. The summed E-state index contributed by atoms with van der Waals surface area (Å²) in [5.74, 6) is 2.35. The Morgan fingerprint density at radius 2 is 1.88 bits per heavy atom. The van der Waals surface area contributed by atoms with Crippen LogP contribution in [-0.4, -0.2) is 42.8 Å². The molecular formula is C12H26N2O2S. The van der Waals surface area contributed by atoms with Crippen LogP contribution in [0.3, 0.4) is 0 Å². The number of hydrogen-bond acceptors (Lipinski definition) is 4. The Kier molecular flexibility index (Phi) is 9.36. The number of carbonyl (C=O) groups excluding carboxylic acids is 1. The number of rotatable bonds is 8. The van der Waals surface area contributed by atoms with Crippen LogP contribution in [0.5, 0.6) is 0 Å². The Bertz CT molecular complexity index is 205. The molecule has 0 bridgehead atoms. The smallest absolute Gasteiger partial charge is 0.407 e. The summed E-state index contributed by atoms with van der Waals surface area (Å²) < 4.78 is 5.12. The van der Waals surface area contributed by atoms with Crippen molar-refractivity contribution in [2.24, 2.45) is 0 Å². The second kappa shape index (κ2) is 9.59. The molecule has 0 aliphatic heterocycles. The molecule has 0 aliphatic carbocycles. The van der Waals surface area contributed by atoms with Gasteiger partial charge in [-0.25, -0.2) is 4.79 Å². The van der Waals surface area contributed by atoms with E-state index in [-0.39, 0.29) is 6.09 Å². The lowest BCUT2D eigenvalue weighted by atomic mass is 10.2. The van der Waals surface area contributed by atoms with E-state index in [0.717, 1.165) is 18.8 Å². The van der Waals surface area contributed by atoms with Crippen LogP contribution in [0.4, 0.5) is 4.79 Å². The molecule has 0 aromatic rings. The van der Waals surface area contributed by atoms with Crippen molar-refractivity contribution in [3.8, 4) is 0 Å². The summed E-state index contributed by atoms with van der Waals surface area (Å²) in [6.45, 7) is 10.1. The minimum absolute atomic E-state index is 0.348. The molecule has 0 heterocycles. The van der Waals surface area contributed by atoms with Crippen LogP contribution in [0.25, 0.3) is 0 Å². The Balaban J connectivity index is 3.25. The van der Waals surface area contributed by atoms with Crippen LogP contribution in [-0.2, 0) is 4.74 Å². The van der Waals surface area contributed by atoms with Crippen molar-refractivity contribution in [2.45, 2.75) is 39.7 Å². The lowest BCUT2D eigenvalue weighted by Crippen LogP contribution is -2.36. The van der Waals surface area contributed by atoms with Crippen molar-refractivity contribution in [3.05, 3.63) is 0 Å². The molecule has 0 aromatic heterocycles. The minimum atomic E-state index is -0.422. The van der Waals surface area contributed by atoms with Gasteiger partial charge in [0.25, 0.3) is 0 Å². The second-order valence-electron chi connectivity index (χ2n) is 4.79. The van der Waals surface area contributed by atoms with Gasteiger partial charge in [0.15, 0.2) is 0 Å². The number of nitrogens with one attached hydrogen (secondary N) is 2. The van der Waals surface area contributed by atoms with Crippen molar-refractivity contribution >= 4 is 17.9 Å². The van der Waals surface area contributed by atoms with Gasteiger partial charge in [-0.3, -0.25) is 0 Å². The number of thioether (sulfide) groups is 1. The largest absolute Gasteiger partial charge is 0.444 e. The molecule has 4 nitrogen and oxygen atoms in total. The van der Waals surface area contributed by atoms with Gasteiger partial charge in [-0.05, 0) is 32.9 Å². The summed E-state index contributed by atoms with van der Waals surface area (Å²) in [6.07, 6.45) is 0.880. The predicted molar refractivity (Wildman–Crippen MR) is 74.7 cm³/mol. The van der Waals surface area contributed by atoms with E-state index >= 15 is 0 Å². The maximum absolute atomic E-state index is 11.3. The van der Waals surface area contributed by atoms with Crippen molar-refractivity contribution < 1.29 is 9.53 Å². The second-order valence-corrected chi connectivity index (χ2v) is 6.02. The summed E-state index contributed by atoms with van der Waals surface area (Å²) in [6, 6.07) is 0. The number of hydrogen-bond donors (Lipinski definition) is 2. The van der Waals surface area contributed by atoms with Gasteiger partial charge in [0, 0.05) is 25.4 Å². The highest BCUT2D eigenvalue weighted by molar-refractivity contribution is 7.99. The Hall–Kier alpha value is -0.420. The highest BCUT2D eigenvalue weighted by atomic mass is 32.2. The molecule has 0 aromatic carbocycles. The van der Waals surface area contributed by atoms with Gasteiger partial charge in [-0.2, -0.15) is 11.8 Å². The molecule has 5 heteroatoms. The van der Waals surface area contributed by atoms with Gasteiger partial charge >= 0.3 is 6.09 Å². The van der Waals surface area contributed by atoms with Crippen LogP contribution >= 0.6 is 11.8 Å². The Labute approximate surface area is 109 Å². The zero-order chi connectivity index (χ0) is 13.1. The molecule has 0 unspecified atom stereocenters. The van der Waals surface area contributed by atoms with Gasteiger partial charge in [0.05, 0.1) is 0 Å². The first-order valence-electron chi connectivity index (χ1n) is 6.21. The molecule has 0 atom stereocenters. The van der Waals surface area contributed by atoms with Gasteiger partial charge < -0.3 is 15.4 Å². The van der Waals surface area contributed by atoms with E-state index in [4.69, 9.17) is 4.74 Å². The molecule has 2 N–H and O–H groups in total. The maximum atomic E-state index is 11.3. The fraction of sp³-hybridized carbons (Fsp3) is 0.917. The van der Waals surface area contributed by atoms with E-state index < -0.39 is 5.60 Å². The van der Waals surface area contributed by atoms with Gasteiger partial charge in [-0.15, -0.1) is 0 Å². The third-order valence-electron chi connectivity index (χ3n) is 1.74. The molecule has 0 fully saturated rings. The van der Waals surface area contributed by atoms with Gasteiger partial charge in [0.2, 0.25) is 0 Å². The number of ether oxygens (including phenoxy) is 1. The summed E-state index contributed by atoms with van der Waals surface area (Å²) in [5, 5.41) is 5.98. The molecule has 1 amide bonds. The van der Waals surface area contributed by atoms with E-state index in [2.05, 4.69) is 17.6 Å². The van der Waals surface area contributed by atoms with E-state index in [1.54, 1.807) is 0 Å².